The zero-order valence-corrected chi connectivity index (χ0v) is 11.6. The van der Waals surface area contributed by atoms with E-state index in [1.807, 2.05) is 4.90 Å². The van der Waals surface area contributed by atoms with Crippen molar-refractivity contribution in [3.63, 3.8) is 0 Å². The van der Waals surface area contributed by atoms with Gasteiger partial charge in [-0.25, -0.2) is 13.8 Å². The molecular weight excluding hydrogens is 294 g/mol. The summed E-state index contributed by atoms with van der Waals surface area (Å²) in [6, 6.07) is 2.89. The quantitative estimate of drug-likeness (QED) is 0.940. The van der Waals surface area contributed by atoms with Crippen LogP contribution in [0.4, 0.5) is 8.78 Å². The first-order chi connectivity index (χ1) is 10.5. The molecule has 1 fully saturated rings. The van der Waals surface area contributed by atoms with Crippen molar-refractivity contribution >= 4 is 5.97 Å². The van der Waals surface area contributed by atoms with Gasteiger partial charge in [0.05, 0.1) is 5.69 Å². The molecule has 5 nitrogen and oxygen atoms in total. The Morgan fingerprint density at radius 2 is 2.23 bits per heavy atom. The topological polar surface area (TPSA) is 66.6 Å². The fourth-order valence-corrected chi connectivity index (χ4v) is 2.64. The molecular formula is C15H14F2N2O3. The van der Waals surface area contributed by atoms with E-state index in [1.165, 1.54) is 12.3 Å². The van der Waals surface area contributed by atoms with Gasteiger partial charge in [-0.3, -0.25) is 9.69 Å². The Kier molecular flexibility index (Phi) is 3.89. The molecule has 1 aromatic heterocycles. The first-order valence-electron chi connectivity index (χ1n) is 6.91. The Labute approximate surface area is 125 Å². The SMILES string of the molecule is O=C(O)[C@@H]1CCCN1Cc1coc(-c2ccc(F)c(F)c2)n1. The van der Waals surface area contributed by atoms with E-state index in [1.54, 1.807) is 0 Å². The predicted octanol–water partition coefficient (Wildman–Crippen LogP) is 2.67. The molecule has 0 aliphatic carbocycles. The van der Waals surface area contributed by atoms with E-state index in [4.69, 9.17) is 9.52 Å². The van der Waals surface area contributed by atoms with Gasteiger partial charge in [0, 0.05) is 12.1 Å². The largest absolute Gasteiger partial charge is 0.480 e. The number of carbonyl (C=O) groups is 1. The molecule has 7 heteroatoms. The van der Waals surface area contributed by atoms with Crippen molar-refractivity contribution in [1.82, 2.24) is 9.88 Å². The summed E-state index contributed by atoms with van der Waals surface area (Å²) >= 11 is 0. The van der Waals surface area contributed by atoms with Crippen LogP contribution < -0.4 is 0 Å². The number of aromatic nitrogens is 1. The van der Waals surface area contributed by atoms with E-state index < -0.39 is 23.6 Å². The highest BCUT2D eigenvalue weighted by Gasteiger charge is 2.30. The zero-order chi connectivity index (χ0) is 15.7. The number of oxazole rings is 1. The lowest BCUT2D eigenvalue weighted by molar-refractivity contribution is -0.142. The van der Waals surface area contributed by atoms with Crippen LogP contribution in [0.5, 0.6) is 0 Å². The number of halogens is 2. The molecule has 1 aromatic carbocycles. The van der Waals surface area contributed by atoms with Crippen LogP contribution in [-0.4, -0.2) is 33.5 Å². The Bertz CT molecular complexity index is 702. The fourth-order valence-electron chi connectivity index (χ4n) is 2.64. The van der Waals surface area contributed by atoms with E-state index in [2.05, 4.69) is 4.98 Å². The number of hydrogen-bond acceptors (Lipinski definition) is 4. The number of hydrogen-bond donors (Lipinski definition) is 1. The average molecular weight is 308 g/mol. The van der Waals surface area contributed by atoms with Gasteiger partial charge < -0.3 is 9.52 Å². The highest BCUT2D eigenvalue weighted by Crippen LogP contribution is 2.24. The van der Waals surface area contributed by atoms with Gasteiger partial charge in [-0.2, -0.15) is 0 Å². The molecule has 116 valence electrons. The van der Waals surface area contributed by atoms with Gasteiger partial charge in [0.2, 0.25) is 5.89 Å². The molecule has 0 unspecified atom stereocenters. The second kappa shape index (κ2) is 5.84. The lowest BCUT2D eigenvalue weighted by atomic mass is 10.2. The third kappa shape index (κ3) is 2.85. The Morgan fingerprint density at radius 1 is 1.41 bits per heavy atom. The van der Waals surface area contributed by atoms with E-state index in [0.29, 0.717) is 30.8 Å². The fraction of sp³-hybridized carbons (Fsp3) is 0.333. The molecule has 1 N–H and O–H groups in total. The maximum absolute atomic E-state index is 13.2. The molecule has 1 saturated heterocycles. The highest BCUT2D eigenvalue weighted by molar-refractivity contribution is 5.73. The third-order valence-corrected chi connectivity index (χ3v) is 3.73. The summed E-state index contributed by atoms with van der Waals surface area (Å²) in [6.07, 6.45) is 2.85. The van der Waals surface area contributed by atoms with Gasteiger partial charge in [0.15, 0.2) is 11.6 Å². The van der Waals surface area contributed by atoms with E-state index >= 15 is 0 Å². The van der Waals surface area contributed by atoms with Crippen LogP contribution >= 0.6 is 0 Å². The molecule has 2 aromatic rings. The molecule has 3 rings (SSSR count). The molecule has 1 atom stereocenters. The van der Waals surface area contributed by atoms with E-state index in [0.717, 1.165) is 18.6 Å². The second-order valence-electron chi connectivity index (χ2n) is 5.24. The lowest BCUT2D eigenvalue weighted by Crippen LogP contribution is -2.35. The summed E-state index contributed by atoms with van der Waals surface area (Å²) in [7, 11) is 0. The standard InChI is InChI=1S/C15H14F2N2O3/c16-11-4-3-9(6-12(11)17)14-18-10(8-22-14)7-19-5-1-2-13(19)15(20)21/h3-4,6,8,13H,1-2,5,7H2,(H,20,21)/t13-/m0/s1. The minimum atomic E-state index is -0.970. The van der Waals surface area contributed by atoms with Gasteiger partial charge in [0.1, 0.15) is 12.3 Å². The normalized spacial score (nSPS) is 18.7. The monoisotopic (exact) mass is 308 g/mol. The lowest BCUT2D eigenvalue weighted by Gasteiger charge is -2.19. The van der Waals surface area contributed by atoms with Crippen LogP contribution in [0.1, 0.15) is 18.5 Å². The van der Waals surface area contributed by atoms with Crippen LogP contribution in [0.3, 0.4) is 0 Å². The number of nitrogens with zero attached hydrogens (tertiary/aromatic N) is 2. The third-order valence-electron chi connectivity index (χ3n) is 3.73. The summed E-state index contributed by atoms with van der Waals surface area (Å²) in [6.45, 7) is 1.04. The van der Waals surface area contributed by atoms with Crippen molar-refractivity contribution in [2.24, 2.45) is 0 Å². The number of carboxylic acid groups (broad SMARTS) is 1. The summed E-state index contributed by atoms with van der Waals surface area (Å²) in [4.78, 5) is 17.2. The van der Waals surface area contributed by atoms with Gasteiger partial charge in [0.25, 0.3) is 0 Å². The molecule has 22 heavy (non-hydrogen) atoms. The molecule has 0 bridgehead atoms. The van der Waals surface area contributed by atoms with Crippen LogP contribution in [0, 0.1) is 11.6 Å². The van der Waals surface area contributed by atoms with Gasteiger partial charge >= 0.3 is 5.97 Å². The number of aliphatic carboxylic acids is 1. The van der Waals surface area contributed by atoms with Gasteiger partial charge in [-0.05, 0) is 37.6 Å². The number of benzene rings is 1. The predicted molar refractivity (Wildman–Crippen MR) is 72.9 cm³/mol. The number of likely N-dealkylation sites (tertiary alicyclic amines) is 1. The molecule has 2 heterocycles. The second-order valence-corrected chi connectivity index (χ2v) is 5.24. The summed E-state index contributed by atoms with van der Waals surface area (Å²) in [5.41, 5.74) is 0.897. The zero-order valence-electron chi connectivity index (χ0n) is 11.6. The Morgan fingerprint density at radius 3 is 2.95 bits per heavy atom. The molecule has 0 radical (unpaired) electrons. The van der Waals surface area contributed by atoms with Crippen molar-refractivity contribution in [2.75, 3.05) is 6.54 Å². The maximum atomic E-state index is 13.2. The van der Waals surface area contributed by atoms with Gasteiger partial charge in [-0.15, -0.1) is 0 Å². The summed E-state index contributed by atoms with van der Waals surface area (Å²) in [5.74, 6) is -2.57. The van der Waals surface area contributed by atoms with Crippen LogP contribution in [0.25, 0.3) is 11.5 Å². The van der Waals surface area contributed by atoms with Crippen LogP contribution in [0.2, 0.25) is 0 Å². The Balaban J connectivity index is 1.76. The minimum absolute atomic E-state index is 0.181. The highest BCUT2D eigenvalue weighted by atomic mass is 19.2. The first kappa shape index (κ1) is 14.6. The van der Waals surface area contributed by atoms with E-state index in [-0.39, 0.29) is 5.89 Å². The van der Waals surface area contributed by atoms with Crippen molar-refractivity contribution in [3.8, 4) is 11.5 Å². The summed E-state index contributed by atoms with van der Waals surface area (Å²) < 4.78 is 31.4. The first-order valence-corrected chi connectivity index (χ1v) is 6.91. The van der Waals surface area contributed by atoms with Crippen molar-refractivity contribution < 1.29 is 23.1 Å². The molecule has 0 amide bonds. The maximum Gasteiger partial charge on any atom is 0.320 e. The Hall–Kier alpha value is -2.28. The average Bonchev–Trinajstić information content (AvgIpc) is 3.11. The molecule has 1 aliphatic heterocycles. The van der Waals surface area contributed by atoms with Crippen molar-refractivity contribution in [3.05, 3.63) is 41.8 Å². The van der Waals surface area contributed by atoms with Gasteiger partial charge in [-0.1, -0.05) is 0 Å². The van der Waals surface area contributed by atoms with Crippen molar-refractivity contribution in [1.29, 1.82) is 0 Å². The van der Waals surface area contributed by atoms with Crippen LogP contribution in [0.15, 0.2) is 28.9 Å². The number of rotatable bonds is 4. The van der Waals surface area contributed by atoms with Crippen molar-refractivity contribution in [2.45, 2.75) is 25.4 Å². The summed E-state index contributed by atoms with van der Waals surface area (Å²) in [5, 5.41) is 9.14. The molecule has 1 aliphatic rings. The molecule has 0 spiro atoms. The number of carboxylic acids is 1. The van der Waals surface area contributed by atoms with E-state index in [9.17, 15) is 13.6 Å². The smallest absolute Gasteiger partial charge is 0.320 e. The minimum Gasteiger partial charge on any atom is -0.480 e. The molecule has 0 saturated carbocycles. The van der Waals surface area contributed by atoms with Crippen LogP contribution in [-0.2, 0) is 11.3 Å².